The third-order valence-corrected chi connectivity index (χ3v) is 5.01. The predicted octanol–water partition coefficient (Wildman–Crippen LogP) is 2.56. The average molecular weight is 348 g/mol. The summed E-state index contributed by atoms with van der Waals surface area (Å²) >= 11 is 0. The van der Waals surface area contributed by atoms with Gasteiger partial charge in [0.25, 0.3) is 0 Å². The Morgan fingerprint density at radius 2 is 1.84 bits per heavy atom. The maximum absolute atomic E-state index is 12.5. The molecule has 1 aromatic carbocycles. The molecule has 25 heavy (non-hydrogen) atoms. The topological polar surface area (TPSA) is 55.8 Å². The predicted molar refractivity (Wildman–Crippen MR) is 101 cm³/mol. The Morgan fingerprint density at radius 1 is 1.20 bits per heavy atom. The number of aliphatic hydroxyl groups is 1. The second-order valence-electron chi connectivity index (χ2n) is 7.32. The third kappa shape index (κ3) is 5.72. The maximum atomic E-state index is 12.5. The number of nitrogens with zero attached hydrogens (tertiary/aromatic N) is 2. The lowest BCUT2D eigenvalue weighted by molar-refractivity contribution is 0.0921. The molecular formula is C20H33N3O2. The second kappa shape index (κ2) is 9.78. The van der Waals surface area contributed by atoms with Crippen LogP contribution in [0.15, 0.2) is 30.3 Å². The van der Waals surface area contributed by atoms with Crippen molar-refractivity contribution in [2.24, 2.45) is 11.8 Å². The standard InChI is InChI=1S/C20H33N3O2/c1-4-10-23(11-12-24)20(25)21-19-16(2)13-22(14-17(19)3)15-18-8-6-5-7-9-18/h5-9,16-17,19,24H,4,10-15H2,1-3H3,(H,21,25). The molecule has 1 aromatic rings. The zero-order chi connectivity index (χ0) is 18.2. The van der Waals surface area contributed by atoms with Crippen molar-refractivity contribution in [1.29, 1.82) is 0 Å². The van der Waals surface area contributed by atoms with Crippen molar-refractivity contribution in [1.82, 2.24) is 15.1 Å². The zero-order valence-electron chi connectivity index (χ0n) is 15.8. The molecule has 0 aliphatic carbocycles. The average Bonchev–Trinajstić information content (AvgIpc) is 2.58. The van der Waals surface area contributed by atoms with Gasteiger partial charge in [-0.15, -0.1) is 0 Å². The summed E-state index contributed by atoms with van der Waals surface area (Å²) in [7, 11) is 0. The van der Waals surface area contributed by atoms with E-state index < -0.39 is 0 Å². The van der Waals surface area contributed by atoms with Gasteiger partial charge in [0.05, 0.1) is 6.61 Å². The summed E-state index contributed by atoms with van der Waals surface area (Å²) in [5, 5.41) is 12.4. The van der Waals surface area contributed by atoms with Crippen molar-refractivity contribution in [3.63, 3.8) is 0 Å². The van der Waals surface area contributed by atoms with Gasteiger partial charge < -0.3 is 15.3 Å². The Kier molecular flexibility index (Phi) is 7.72. The van der Waals surface area contributed by atoms with Crippen LogP contribution in [0.5, 0.6) is 0 Å². The number of carbonyl (C=O) groups excluding carboxylic acids is 1. The summed E-state index contributed by atoms with van der Waals surface area (Å²) in [6.07, 6.45) is 0.897. The van der Waals surface area contributed by atoms with Crippen LogP contribution in [-0.2, 0) is 6.54 Å². The van der Waals surface area contributed by atoms with Crippen LogP contribution in [0.25, 0.3) is 0 Å². The number of nitrogens with one attached hydrogen (secondary N) is 1. The molecule has 2 amide bonds. The molecule has 0 bridgehead atoms. The largest absolute Gasteiger partial charge is 0.395 e. The molecule has 1 aliphatic rings. The number of aliphatic hydroxyl groups excluding tert-OH is 1. The van der Waals surface area contributed by atoms with Crippen molar-refractivity contribution in [2.75, 3.05) is 32.8 Å². The van der Waals surface area contributed by atoms with Gasteiger partial charge in [0.15, 0.2) is 0 Å². The fourth-order valence-electron chi connectivity index (χ4n) is 3.87. The van der Waals surface area contributed by atoms with Gasteiger partial charge in [0.2, 0.25) is 0 Å². The van der Waals surface area contributed by atoms with Gasteiger partial charge in [-0.25, -0.2) is 4.79 Å². The van der Waals surface area contributed by atoms with Crippen LogP contribution in [-0.4, -0.2) is 59.8 Å². The highest BCUT2D eigenvalue weighted by atomic mass is 16.3. The van der Waals surface area contributed by atoms with E-state index >= 15 is 0 Å². The number of hydrogen-bond donors (Lipinski definition) is 2. The minimum atomic E-state index is -0.0453. The molecule has 140 valence electrons. The Labute approximate surface area is 152 Å². The Hall–Kier alpha value is -1.59. The monoisotopic (exact) mass is 347 g/mol. The van der Waals surface area contributed by atoms with Crippen LogP contribution in [0.1, 0.15) is 32.8 Å². The van der Waals surface area contributed by atoms with Crippen LogP contribution < -0.4 is 5.32 Å². The molecule has 2 rings (SSSR count). The quantitative estimate of drug-likeness (QED) is 0.797. The smallest absolute Gasteiger partial charge is 0.317 e. The molecule has 2 N–H and O–H groups in total. The summed E-state index contributed by atoms with van der Waals surface area (Å²) in [5.74, 6) is 0.794. The fraction of sp³-hybridized carbons (Fsp3) is 0.650. The molecule has 1 aliphatic heterocycles. The number of hydrogen-bond acceptors (Lipinski definition) is 3. The van der Waals surface area contributed by atoms with Crippen LogP contribution in [0.4, 0.5) is 4.79 Å². The zero-order valence-corrected chi connectivity index (χ0v) is 15.8. The number of benzene rings is 1. The van der Waals surface area contributed by atoms with Crippen molar-refractivity contribution in [3.05, 3.63) is 35.9 Å². The highest BCUT2D eigenvalue weighted by Crippen LogP contribution is 2.24. The van der Waals surface area contributed by atoms with Gasteiger partial charge >= 0.3 is 6.03 Å². The molecular weight excluding hydrogens is 314 g/mol. The minimum absolute atomic E-state index is 0.00798. The first-order valence-corrected chi connectivity index (χ1v) is 9.47. The Morgan fingerprint density at radius 3 is 2.40 bits per heavy atom. The molecule has 0 aromatic heterocycles. The molecule has 1 saturated heterocycles. The van der Waals surface area contributed by atoms with E-state index in [1.165, 1.54) is 5.56 Å². The van der Waals surface area contributed by atoms with E-state index in [4.69, 9.17) is 5.11 Å². The van der Waals surface area contributed by atoms with E-state index in [1.807, 2.05) is 13.0 Å². The first-order valence-electron chi connectivity index (χ1n) is 9.47. The maximum Gasteiger partial charge on any atom is 0.317 e. The molecule has 1 fully saturated rings. The number of likely N-dealkylation sites (tertiary alicyclic amines) is 1. The van der Waals surface area contributed by atoms with Crippen molar-refractivity contribution in [2.45, 2.75) is 39.8 Å². The summed E-state index contributed by atoms with van der Waals surface area (Å²) < 4.78 is 0. The fourth-order valence-corrected chi connectivity index (χ4v) is 3.87. The van der Waals surface area contributed by atoms with E-state index in [2.05, 4.69) is 48.3 Å². The van der Waals surface area contributed by atoms with Gasteiger partial charge in [-0.3, -0.25) is 4.90 Å². The summed E-state index contributed by atoms with van der Waals surface area (Å²) in [6, 6.07) is 10.7. The summed E-state index contributed by atoms with van der Waals surface area (Å²) in [5.41, 5.74) is 1.33. The highest BCUT2D eigenvalue weighted by Gasteiger charge is 2.33. The minimum Gasteiger partial charge on any atom is -0.395 e. The van der Waals surface area contributed by atoms with Crippen LogP contribution in [0.3, 0.4) is 0 Å². The molecule has 5 heteroatoms. The van der Waals surface area contributed by atoms with E-state index in [-0.39, 0.29) is 18.7 Å². The molecule has 2 unspecified atom stereocenters. The van der Waals surface area contributed by atoms with E-state index in [0.29, 0.717) is 24.9 Å². The second-order valence-corrected chi connectivity index (χ2v) is 7.32. The van der Waals surface area contributed by atoms with Gasteiger partial charge in [0, 0.05) is 38.8 Å². The number of urea groups is 1. The van der Waals surface area contributed by atoms with Gasteiger partial charge in [-0.05, 0) is 23.8 Å². The molecule has 0 radical (unpaired) electrons. The number of carbonyl (C=O) groups is 1. The lowest BCUT2D eigenvalue weighted by Gasteiger charge is -2.42. The van der Waals surface area contributed by atoms with Crippen molar-refractivity contribution < 1.29 is 9.90 Å². The Balaban J connectivity index is 1.92. The molecule has 0 spiro atoms. The number of rotatable bonds is 7. The number of piperidine rings is 1. The highest BCUT2D eigenvalue weighted by molar-refractivity contribution is 5.74. The van der Waals surface area contributed by atoms with Crippen LogP contribution >= 0.6 is 0 Å². The molecule has 0 saturated carbocycles. The van der Waals surface area contributed by atoms with E-state index in [9.17, 15) is 4.79 Å². The van der Waals surface area contributed by atoms with Gasteiger partial charge in [-0.1, -0.05) is 51.1 Å². The summed E-state index contributed by atoms with van der Waals surface area (Å²) in [4.78, 5) is 16.7. The lowest BCUT2D eigenvalue weighted by Crippen LogP contribution is -2.57. The van der Waals surface area contributed by atoms with E-state index in [0.717, 1.165) is 26.1 Å². The van der Waals surface area contributed by atoms with Gasteiger partial charge in [0.1, 0.15) is 0 Å². The SMILES string of the molecule is CCCN(CCO)C(=O)NC1C(C)CN(Cc2ccccc2)CC1C. The normalized spacial score (nSPS) is 24.1. The summed E-state index contributed by atoms with van der Waals surface area (Å²) in [6.45, 7) is 10.5. The third-order valence-electron chi connectivity index (χ3n) is 5.01. The lowest BCUT2D eigenvalue weighted by atomic mass is 9.85. The van der Waals surface area contributed by atoms with Crippen molar-refractivity contribution in [3.8, 4) is 0 Å². The van der Waals surface area contributed by atoms with E-state index in [1.54, 1.807) is 4.90 Å². The van der Waals surface area contributed by atoms with Gasteiger partial charge in [-0.2, -0.15) is 0 Å². The number of amides is 2. The first kappa shape index (κ1) is 19.7. The molecule has 2 atom stereocenters. The van der Waals surface area contributed by atoms with Crippen LogP contribution in [0.2, 0.25) is 0 Å². The first-order chi connectivity index (χ1) is 12.0. The molecule has 5 nitrogen and oxygen atoms in total. The van der Waals surface area contributed by atoms with Crippen LogP contribution in [0, 0.1) is 11.8 Å². The van der Waals surface area contributed by atoms with Crippen molar-refractivity contribution >= 4 is 6.03 Å². The Bertz CT molecular complexity index is 505. The molecule has 1 heterocycles.